The lowest BCUT2D eigenvalue weighted by Crippen LogP contribution is -2.47. The summed E-state index contributed by atoms with van der Waals surface area (Å²) in [6, 6.07) is 16.3. The molecule has 2 amide bonds. The molecular weight excluding hydrogens is 636 g/mol. The smallest absolute Gasteiger partial charge is 0.416 e. The molecule has 0 spiro atoms. The molecule has 0 saturated carbocycles. The first kappa shape index (κ1) is 33.7. The van der Waals surface area contributed by atoms with Crippen molar-refractivity contribution in [1.29, 1.82) is 0 Å². The van der Waals surface area contributed by atoms with Crippen molar-refractivity contribution in [3.8, 4) is 11.1 Å². The molecule has 1 N–H and O–H groups in total. The van der Waals surface area contributed by atoms with Gasteiger partial charge in [-0.3, -0.25) is 9.59 Å². The lowest BCUT2D eigenvalue weighted by Gasteiger charge is -2.40. The first-order chi connectivity index (χ1) is 21.7. The van der Waals surface area contributed by atoms with E-state index in [0.717, 1.165) is 18.2 Å². The van der Waals surface area contributed by atoms with Gasteiger partial charge in [-0.05, 0) is 72.7 Å². The number of piperidine rings is 1. The van der Waals surface area contributed by atoms with Gasteiger partial charge in [-0.2, -0.15) is 26.3 Å². The van der Waals surface area contributed by atoms with Crippen LogP contribution in [0.25, 0.3) is 11.1 Å². The van der Waals surface area contributed by atoms with Crippen LogP contribution in [0.3, 0.4) is 0 Å². The number of amides is 2. The van der Waals surface area contributed by atoms with E-state index in [0.29, 0.717) is 67.6 Å². The molecule has 1 heterocycles. The van der Waals surface area contributed by atoms with Crippen molar-refractivity contribution in [1.82, 2.24) is 15.3 Å². The zero-order valence-electron chi connectivity index (χ0n) is 24.6. The lowest BCUT2D eigenvalue weighted by molar-refractivity contribution is -0.158. The van der Waals surface area contributed by atoms with Gasteiger partial charge < -0.3 is 20.5 Å². The fraction of sp³-hybridized carbons (Fsp3) is 0.394. The van der Waals surface area contributed by atoms with Gasteiger partial charge in [0.05, 0.1) is 21.6 Å². The summed E-state index contributed by atoms with van der Waals surface area (Å²) in [6.07, 6.45) is -7.18. The number of hydroxylamine groups is 2. The molecule has 3 aromatic carbocycles. The van der Waals surface area contributed by atoms with Crippen molar-refractivity contribution >= 4 is 23.4 Å². The number of nitrogens with zero attached hydrogens (tertiary/aromatic N) is 2. The van der Waals surface area contributed by atoms with E-state index in [-0.39, 0.29) is 23.0 Å². The van der Waals surface area contributed by atoms with Crippen LogP contribution in [0.15, 0.2) is 66.7 Å². The van der Waals surface area contributed by atoms with Gasteiger partial charge >= 0.3 is 12.4 Å². The largest absolute Gasteiger partial charge is 0.756 e. The van der Waals surface area contributed by atoms with E-state index >= 15 is 0 Å². The van der Waals surface area contributed by atoms with Gasteiger partial charge in [0.15, 0.2) is 0 Å². The summed E-state index contributed by atoms with van der Waals surface area (Å²) in [5.74, 6) is -1.82. The van der Waals surface area contributed by atoms with Crippen molar-refractivity contribution in [3.05, 3.63) is 99.2 Å². The average molecular weight is 667 g/mol. The van der Waals surface area contributed by atoms with E-state index in [1.807, 2.05) is 0 Å². The molecule has 2 aliphatic rings. The van der Waals surface area contributed by atoms with E-state index in [9.17, 15) is 41.1 Å². The minimum Gasteiger partial charge on any atom is -0.756 e. The molecule has 5 rings (SSSR count). The number of likely N-dealkylation sites (tertiary alicyclic amines) is 1. The normalized spacial score (nSPS) is 16.5. The third kappa shape index (κ3) is 7.03. The molecule has 0 bridgehead atoms. The molecule has 1 saturated heterocycles. The Morgan fingerprint density at radius 2 is 1.50 bits per heavy atom. The van der Waals surface area contributed by atoms with Crippen LogP contribution in [0.2, 0.25) is 5.02 Å². The third-order valence-electron chi connectivity index (χ3n) is 8.72. The van der Waals surface area contributed by atoms with Crippen molar-refractivity contribution < 1.29 is 35.9 Å². The molecule has 1 aliphatic carbocycles. The molecule has 13 heteroatoms. The predicted octanol–water partition coefficient (Wildman–Crippen LogP) is 7.58. The summed E-state index contributed by atoms with van der Waals surface area (Å²) in [6.45, 7) is -0.103. The highest BCUT2D eigenvalue weighted by Crippen LogP contribution is 2.52. The van der Waals surface area contributed by atoms with Crippen LogP contribution < -0.4 is 5.32 Å². The van der Waals surface area contributed by atoms with Gasteiger partial charge in [0.1, 0.15) is 6.54 Å². The van der Waals surface area contributed by atoms with E-state index in [1.165, 1.54) is 0 Å². The zero-order valence-corrected chi connectivity index (χ0v) is 25.3. The highest BCUT2D eigenvalue weighted by molar-refractivity contribution is 6.33. The quantitative estimate of drug-likeness (QED) is 0.145. The van der Waals surface area contributed by atoms with Crippen LogP contribution in [0.4, 0.5) is 26.3 Å². The van der Waals surface area contributed by atoms with E-state index in [4.69, 9.17) is 11.6 Å². The van der Waals surface area contributed by atoms with Crippen LogP contribution in [0.1, 0.15) is 59.2 Å². The minimum absolute atomic E-state index is 0.0785. The highest BCUT2D eigenvalue weighted by Gasteiger charge is 2.49. The summed E-state index contributed by atoms with van der Waals surface area (Å²) in [5.41, 5.74) is -0.312. The molecule has 246 valence electrons. The molecule has 46 heavy (non-hydrogen) atoms. The minimum atomic E-state index is -4.85. The number of benzene rings is 3. The standard InChI is InChI=1S/C33H31ClF6N3O3/c34-28-12-11-21(33(38,39)40)19-25(28)29(44)41-22-13-17-42(18-14-22)16-6-5-15-31(30(45)43(46)20-32(35,36)37)26-9-3-1-7-23(26)24-8-2-4-10-27(24)31/h1-4,7-12,19,22H,5-6,13-18,20H2,(H,41,44)/q-1. The number of rotatable bonds is 9. The van der Waals surface area contributed by atoms with Crippen LogP contribution in [0, 0.1) is 5.21 Å². The molecule has 0 aromatic heterocycles. The number of fused-ring (bicyclic) bond motifs is 3. The monoisotopic (exact) mass is 666 g/mol. The topological polar surface area (TPSA) is 75.7 Å². The number of halogens is 7. The molecule has 0 atom stereocenters. The van der Waals surface area contributed by atoms with Crippen molar-refractivity contribution in [3.63, 3.8) is 0 Å². The van der Waals surface area contributed by atoms with Crippen LogP contribution >= 0.6 is 11.6 Å². The first-order valence-electron chi connectivity index (χ1n) is 14.9. The summed E-state index contributed by atoms with van der Waals surface area (Å²) in [5, 5.41) is 14.9. The van der Waals surface area contributed by atoms with Crippen molar-refractivity contribution in [2.24, 2.45) is 0 Å². The summed E-state index contributed by atoms with van der Waals surface area (Å²) < 4.78 is 78.9. The number of hydrogen-bond acceptors (Lipinski definition) is 4. The average Bonchev–Trinajstić information content (AvgIpc) is 3.29. The summed E-state index contributed by atoms with van der Waals surface area (Å²) >= 11 is 6.00. The molecular formula is C33H31ClF6N3O3-. The Bertz CT molecular complexity index is 1540. The summed E-state index contributed by atoms with van der Waals surface area (Å²) in [7, 11) is 0. The van der Waals surface area contributed by atoms with Gasteiger partial charge in [0, 0.05) is 19.1 Å². The highest BCUT2D eigenvalue weighted by atomic mass is 35.5. The van der Waals surface area contributed by atoms with E-state index < -0.39 is 46.8 Å². The number of carbonyl (C=O) groups is 2. The Labute approximate surface area is 266 Å². The van der Waals surface area contributed by atoms with E-state index in [1.54, 1.807) is 48.5 Å². The van der Waals surface area contributed by atoms with Gasteiger partial charge in [0.25, 0.3) is 5.91 Å². The Morgan fingerprint density at radius 1 is 0.913 bits per heavy atom. The Kier molecular flexibility index (Phi) is 9.72. The Hall–Kier alpha value is -3.61. The number of nitrogens with one attached hydrogen (secondary N) is 1. The second-order valence-corrected chi connectivity index (χ2v) is 12.1. The molecule has 6 nitrogen and oxygen atoms in total. The fourth-order valence-electron chi connectivity index (χ4n) is 6.54. The maximum Gasteiger partial charge on any atom is 0.416 e. The Morgan fingerprint density at radius 3 is 2.07 bits per heavy atom. The maximum absolute atomic E-state index is 13.7. The first-order valence-corrected chi connectivity index (χ1v) is 15.2. The second-order valence-electron chi connectivity index (χ2n) is 11.7. The Balaban J connectivity index is 1.21. The molecule has 0 unspecified atom stereocenters. The van der Waals surface area contributed by atoms with Crippen LogP contribution in [-0.4, -0.2) is 60.2 Å². The molecule has 1 fully saturated rings. The zero-order chi connectivity index (χ0) is 33.3. The molecule has 3 aromatic rings. The molecule has 0 radical (unpaired) electrons. The van der Waals surface area contributed by atoms with Crippen LogP contribution in [-0.2, 0) is 16.4 Å². The van der Waals surface area contributed by atoms with Gasteiger partial charge in [0.2, 0.25) is 5.91 Å². The van der Waals surface area contributed by atoms with Crippen molar-refractivity contribution in [2.75, 3.05) is 26.2 Å². The maximum atomic E-state index is 13.7. The third-order valence-corrected chi connectivity index (χ3v) is 9.05. The number of carbonyl (C=O) groups excluding carboxylic acids is 2. The van der Waals surface area contributed by atoms with Gasteiger partial charge in [-0.1, -0.05) is 66.6 Å². The van der Waals surface area contributed by atoms with Gasteiger partial charge in [-0.15, -0.1) is 0 Å². The second kappa shape index (κ2) is 13.2. The molecule has 1 aliphatic heterocycles. The number of hydrogen-bond donors (Lipinski definition) is 1. The van der Waals surface area contributed by atoms with Crippen LogP contribution in [0.5, 0.6) is 0 Å². The van der Waals surface area contributed by atoms with Crippen molar-refractivity contribution in [2.45, 2.75) is 55.9 Å². The lowest BCUT2D eigenvalue weighted by atomic mass is 9.73. The summed E-state index contributed by atoms with van der Waals surface area (Å²) in [4.78, 5) is 28.6. The number of unbranched alkanes of at least 4 members (excludes halogenated alkanes) is 1. The fourth-order valence-corrected chi connectivity index (χ4v) is 6.75. The predicted molar refractivity (Wildman–Crippen MR) is 161 cm³/mol. The SMILES string of the molecule is O=C(NC1CCN(CCCCC2(C(=O)N([O-])CC(F)(F)F)c3ccccc3-c3ccccc32)CC1)c1cc(C(F)(F)F)ccc1Cl. The number of alkyl halides is 6. The van der Waals surface area contributed by atoms with E-state index in [2.05, 4.69) is 10.2 Å². The van der Waals surface area contributed by atoms with Gasteiger partial charge in [-0.25, -0.2) is 0 Å².